The highest BCUT2D eigenvalue weighted by Crippen LogP contribution is 2.19. The second-order valence-electron chi connectivity index (χ2n) is 6.44. The lowest BCUT2D eigenvalue weighted by molar-refractivity contribution is 0.267. The molecule has 0 saturated carbocycles. The standard InChI is InChI=1S/C20H22N2O4S/c1-15-8-9-19-16(12-15)13-17(20(24)21-19)14-22(10-5-11-23)27(25,26)18-6-3-2-4-7-18/h2-4,6-9,12-13,23H,5,10-11,14H2,1H3,(H,21,24). The molecule has 0 aliphatic rings. The summed E-state index contributed by atoms with van der Waals surface area (Å²) in [7, 11) is -3.78. The summed E-state index contributed by atoms with van der Waals surface area (Å²) in [5.41, 5.74) is 1.81. The van der Waals surface area contributed by atoms with Crippen LogP contribution in [0.2, 0.25) is 0 Å². The minimum Gasteiger partial charge on any atom is -0.396 e. The lowest BCUT2D eigenvalue weighted by Gasteiger charge is -2.22. The first-order valence-corrected chi connectivity index (χ1v) is 10.1. The van der Waals surface area contributed by atoms with Crippen LogP contribution in [0.25, 0.3) is 10.9 Å². The van der Waals surface area contributed by atoms with Gasteiger partial charge in [-0.15, -0.1) is 0 Å². The van der Waals surface area contributed by atoms with E-state index in [9.17, 15) is 13.2 Å². The van der Waals surface area contributed by atoms with Crippen molar-refractivity contribution in [2.45, 2.75) is 24.8 Å². The Morgan fingerprint density at radius 3 is 2.52 bits per heavy atom. The van der Waals surface area contributed by atoms with E-state index in [0.717, 1.165) is 10.9 Å². The minimum atomic E-state index is -3.78. The second-order valence-corrected chi connectivity index (χ2v) is 8.38. The van der Waals surface area contributed by atoms with Gasteiger partial charge in [-0.1, -0.05) is 29.8 Å². The fourth-order valence-electron chi connectivity index (χ4n) is 2.95. The molecule has 0 aliphatic carbocycles. The summed E-state index contributed by atoms with van der Waals surface area (Å²) in [4.78, 5) is 15.4. The predicted molar refractivity (Wildman–Crippen MR) is 105 cm³/mol. The molecule has 3 aromatic rings. The van der Waals surface area contributed by atoms with Gasteiger partial charge in [0, 0.05) is 30.8 Å². The molecule has 0 atom stereocenters. The van der Waals surface area contributed by atoms with Crippen LogP contribution in [0.5, 0.6) is 0 Å². The Bertz CT molecular complexity index is 1090. The van der Waals surface area contributed by atoms with Crippen LogP contribution in [0.1, 0.15) is 17.5 Å². The monoisotopic (exact) mass is 386 g/mol. The summed E-state index contributed by atoms with van der Waals surface area (Å²) in [5, 5.41) is 10.0. The van der Waals surface area contributed by atoms with E-state index in [-0.39, 0.29) is 36.6 Å². The number of hydrogen-bond donors (Lipinski definition) is 2. The number of H-pyrrole nitrogens is 1. The van der Waals surface area contributed by atoms with Gasteiger partial charge in [0.05, 0.1) is 4.90 Å². The van der Waals surface area contributed by atoms with Crippen molar-refractivity contribution < 1.29 is 13.5 Å². The number of nitrogens with one attached hydrogen (secondary N) is 1. The molecule has 0 aliphatic heterocycles. The molecule has 142 valence electrons. The van der Waals surface area contributed by atoms with E-state index in [1.54, 1.807) is 24.3 Å². The lowest BCUT2D eigenvalue weighted by Crippen LogP contribution is -2.34. The van der Waals surface area contributed by atoms with Crippen LogP contribution >= 0.6 is 0 Å². The molecule has 1 aromatic heterocycles. The number of benzene rings is 2. The predicted octanol–water partition coefficient (Wildman–Crippen LogP) is 2.41. The van der Waals surface area contributed by atoms with Gasteiger partial charge < -0.3 is 10.1 Å². The number of aryl methyl sites for hydroxylation is 1. The summed E-state index contributed by atoms with van der Waals surface area (Å²) >= 11 is 0. The Kier molecular flexibility index (Phi) is 5.74. The quantitative estimate of drug-likeness (QED) is 0.652. The third-order valence-corrected chi connectivity index (χ3v) is 6.23. The van der Waals surface area contributed by atoms with Gasteiger partial charge in [-0.2, -0.15) is 4.31 Å². The highest BCUT2D eigenvalue weighted by Gasteiger charge is 2.25. The molecule has 0 spiro atoms. The molecular formula is C20H22N2O4S. The molecular weight excluding hydrogens is 364 g/mol. The maximum Gasteiger partial charge on any atom is 0.252 e. The highest BCUT2D eigenvalue weighted by molar-refractivity contribution is 7.89. The maximum atomic E-state index is 13.0. The lowest BCUT2D eigenvalue weighted by atomic mass is 10.1. The molecule has 0 amide bonds. The first-order chi connectivity index (χ1) is 12.9. The van der Waals surface area contributed by atoms with Crippen LogP contribution in [-0.4, -0.2) is 36.0 Å². The fraction of sp³-hybridized carbons (Fsp3) is 0.250. The number of aromatic amines is 1. The van der Waals surface area contributed by atoms with E-state index in [4.69, 9.17) is 5.11 Å². The first kappa shape index (κ1) is 19.3. The van der Waals surface area contributed by atoms with Crippen LogP contribution in [0.15, 0.2) is 64.3 Å². The van der Waals surface area contributed by atoms with E-state index >= 15 is 0 Å². The summed E-state index contributed by atoms with van der Waals surface area (Å²) in [6.07, 6.45) is 0.288. The topological polar surface area (TPSA) is 90.5 Å². The Hall–Kier alpha value is -2.48. The van der Waals surface area contributed by atoms with Crippen molar-refractivity contribution in [3.63, 3.8) is 0 Å². The SMILES string of the molecule is Cc1ccc2[nH]c(=O)c(CN(CCCO)S(=O)(=O)c3ccccc3)cc2c1. The average Bonchev–Trinajstić information content (AvgIpc) is 2.66. The van der Waals surface area contributed by atoms with Gasteiger partial charge >= 0.3 is 0 Å². The third kappa shape index (κ3) is 4.27. The molecule has 7 heteroatoms. The van der Waals surface area contributed by atoms with Gasteiger partial charge in [-0.3, -0.25) is 4.79 Å². The number of aliphatic hydroxyl groups is 1. The molecule has 0 bridgehead atoms. The Morgan fingerprint density at radius 2 is 1.81 bits per heavy atom. The van der Waals surface area contributed by atoms with Crippen molar-refractivity contribution in [1.29, 1.82) is 0 Å². The van der Waals surface area contributed by atoms with Crippen LogP contribution in [-0.2, 0) is 16.6 Å². The normalized spacial score (nSPS) is 12.0. The zero-order valence-electron chi connectivity index (χ0n) is 15.1. The van der Waals surface area contributed by atoms with Crippen LogP contribution in [0, 0.1) is 6.92 Å². The molecule has 27 heavy (non-hydrogen) atoms. The van der Waals surface area contributed by atoms with E-state index in [1.807, 2.05) is 25.1 Å². The van der Waals surface area contributed by atoms with Crippen molar-refractivity contribution in [3.8, 4) is 0 Å². The van der Waals surface area contributed by atoms with Gasteiger partial charge in [-0.05, 0) is 49.1 Å². The van der Waals surface area contributed by atoms with Gasteiger partial charge in [0.25, 0.3) is 5.56 Å². The Balaban J connectivity index is 2.01. The van der Waals surface area contributed by atoms with Crippen molar-refractivity contribution >= 4 is 20.9 Å². The summed E-state index contributed by atoms with van der Waals surface area (Å²) in [5.74, 6) is 0. The highest BCUT2D eigenvalue weighted by atomic mass is 32.2. The molecule has 0 saturated heterocycles. The first-order valence-electron chi connectivity index (χ1n) is 8.70. The van der Waals surface area contributed by atoms with E-state index in [0.29, 0.717) is 11.1 Å². The van der Waals surface area contributed by atoms with Gasteiger partial charge in [-0.25, -0.2) is 8.42 Å². The van der Waals surface area contributed by atoms with Crippen molar-refractivity contribution in [3.05, 3.63) is 76.1 Å². The molecule has 2 N–H and O–H groups in total. The van der Waals surface area contributed by atoms with Gasteiger partial charge in [0.15, 0.2) is 0 Å². The number of hydrogen-bond acceptors (Lipinski definition) is 4. The zero-order valence-corrected chi connectivity index (χ0v) is 15.9. The number of aliphatic hydroxyl groups excluding tert-OH is 1. The van der Waals surface area contributed by atoms with Crippen LogP contribution in [0.4, 0.5) is 0 Å². The fourth-order valence-corrected chi connectivity index (χ4v) is 4.43. The van der Waals surface area contributed by atoms with Gasteiger partial charge in [0.2, 0.25) is 10.0 Å². The second kappa shape index (κ2) is 8.04. The van der Waals surface area contributed by atoms with E-state index < -0.39 is 10.0 Å². The molecule has 2 aromatic carbocycles. The Morgan fingerprint density at radius 1 is 1.07 bits per heavy atom. The van der Waals surface area contributed by atoms with Crippen molar-refractivity contribution in [1.82, 2.24) is 9.29 Å². The minimum absolute atomic E-state index is 0.0591. The van der Waals surface area contributed by atoms with E-state index in [1.165, 1.54) is 16.4 Å². The van der Waals surface area contributed by atoms with Crippen LogP contribution in [0.3, 0.4) is 0 Å². The Labute approximate surface area is 158 Å². The molecule has 0 unspecified atom stereocenters. The number of fused-ring (bicyclic) bond motifs is 1. The summed E-state index contributed by atoms with van der Waals surface area (Å²) in [6.45, 7) is 1.89. The number of pyridine rings is 1. The van der Waals surface area contributed by atoms with Crippen molar-refractivity contribution in [2.24, 2.45) is 0 Å². The number of rotatable bonds is 7. The molecule has 3 rings (SSSR count). The zero-order chi connectivity index (χ0) is 19.4. The van der Waals surface area contributed by atoms with Crippen LogP contribution < -0.4 is 5.56 Å². The van der Waals surface area contributed by atoms with Gasteiger partial charge in [0.1, 0.15) is 0 Å². The van der Waals surface area contributed by atoms with E-state index in [2.05, 4.69) is 4.98 Å². The number of sulfonamides is 1. The summed E-state index contributed by atoms with van der Waals surface area (Å²) < 4.78 is 27.2. The maximum absolute atomic E-state index is 13.0. The average molecular weight is 386 g/mol. The number of aromatic nitrogens is 1. The largest absolute Gasteiger partial charge is 0.396 e. The van der Waals surface area contributed by atoms with Crippen molar-refractivity contribution in [2.75, 3.05) is 13.2 Å². The molecule has 1 heterocycles. The third-order valence-electron chi connectivity index (χ3n) is 4.37. The summed E-state index contributed by atoms with van der Waals surface area (Å²) in [6, 6.07) is 15.5. The molecule has 0 radical (unpaired) electrons. The number of nitrogens with zero attached hydrogens (tertiary/aromatic N) is 1. The molecule has 0 fully saturated rings. The smallest absolute Gasteiger partial charge is 0.252 e. The molecule has 6 nitrogen and oxygen atoms in total.